The first-order chi connectivity index (χ1) is 9.08. The van der Waals surface area contributed by atoms with Gasteiger partial charge >= 0.3 is 5.97 Å². The summed E-state index contributed by atoms with van der Waals surface area (Å²) in [5, 5.41) is 12.2. The van der Waals surface area contributed by atoms with E-state index in [1.807, 2.05) is 6.92 Å². The van der Waals surface area contributed by atoms with Crippen molar-refractivity contribution in [3.8, 4) is 11.5 Å². The largest absolute Gasteiger partial charge is 0.493 e. The molecule has 0 aliphatic rings. The molecule has 0 saturated carbocycles. The molecule has 0 unspecified atom stereocenters. The summed E-state index contributed by atoms with van der Waals surface area (Å²) >= 11 is 6.01. The molecule has 1 aromatic rings. The highest BCUT2D eigenvalue weighted by molar-refractivity contribution is 6.30. The number of benzene rings is 1. The quantitative estimate of drug-likeness (QED) is 0.718. The number of carboxylic acids is 1. The molecule has 0 radical (unpaired) electrons. The van der Waals surface area contributed by atoms with Crippen LogP contribution in [0.25, 0.3) is 0 Å². The second-order valence-corrected chi connectivity index (χ2v) is 4.29. The van der Waals surface area contributed by atoms with E-state index in [1.165, 1.54) is 0 Å². The SMILES string of the molecule is CCOc1c(CNCCC(=O)O)cc(Cl)cc1OC. The van der Waals surface area contributed by atoms with E-state index in [9.17, 15) is 4.79 Å². The van der Waals surface area contributed by atoms with Gasteiger partial charge in [-0.05, 0) is 13.0 Å². The first-order valence-corrected chi connectivity index (χ1v) is 6.38. The van der Waals surface area contributed by atoms with Gasteiger partial charge < -0.3 is 19.9 Å². The van der Waals surface area contributed by atoms with Crippen LogP contribution in [0.3, 0.4) is 0 Å². The third-order valence-corrected chi connectivity index (χ3v) is 2.65. The minimum Gasteiger partial charge on any atom is -0.493 e. The van der Waals surface area contributed by atoms with Gasteiger partial charge in [0.05, 0.1) is 20.1 Å². The summed E-state index contributed by atoms with van der Waals surface area (Å²) in [4.78, 5) is 10.4. The van der Waals surface area contributed by atoms with Gasteiger partial charge in [0, 0.05) is 29.7 Å². The lowest BCUT2D eigenvalue weighted by Gasteiger charge is -2.15. The van der Waals surface area contributed by atoms with Crippen LogP contribution in [0, 0.1) is 0 Å². The van der Waals surface area contributed by atoms with Crippen LogP contribution in [0.15, 0.2) is 12.1 Å². The zero-order valence-electron chi connectivity index (χ0n) is 11.0. The van der Waals surface area contributed by atoms with Gasteiger partial charge in [0.25, 0.3) is 0 Å². The Bertz CT molecular complexity index is 437. The first kappa shape index (κ1) is 15.6. The van der Waals surface area contributed by atoms with Gasteiger partial charge in [-0.25, -0.2) is 0 Å². The maximum Gasteiger partial charge on any atom is 0.304 e. The number of hydrogen-bond acceptors (Lipinski definition) is 4. The standard InChI is InChI=1S/C13H18ClNO4/c1-3-19-13-9(8-15-5-4-12(16)17)6-10(14)7-11(13)18-2/h6-7,15H,3-5,8H2,1-2H3,(H,16,17). The van der Waals surface area contributed by atoms with Crippen LogP contribution in [0.1, 0.15) is 18.9 Å². The topological polar surface area (TPSA) is 67.8 Å². The molecule has 0 fully saturated rings. The molecule has 0 aliphatic carbocycles. The van der Waals surface area contributed by atoms with Gasteiger partial charge in [0.1, 0.15) is 0 Å². The summed E-state index contributed by atoms with van der Waals surface area (Å²) in [7, 11) is 1.55. The number of methoxy groups -OCH3 is 1. The van der Waals surface area contributed by atoms with Crippen LogP contribution < -0.4 is 14.8 Å². The Morgan fingerprint density at radius 3 is 2.79 bits per heavy atom. The van der Waals surface area contributed by atoms with Crippen molar-refractivity contribution >= 4 is 17.6 Å². The number of ether oxygens (including phenoxy) is 2. The molecular formula is C13H18ClNO4. The minimum atomic E-state index is -0.832. The lowest BCUT2D eigenvalue weighted by Crippen LogP contribution is -2.18. The number of carboxylic acid groups (broad SMARTS) is 1. The maximum atomic E-state index is 10.4. The van der Waals surface area contributed by atoms with E-state index in [0.29, 0.717) is 36.2 Å². The predicted octanol–water partition coefficient (Wildman–Crippen LogP) is 2.31. The highest BCUT2D eigenvalue weighted by Gasteiger charge is 2.12. The Morgan fingerprint density at radius 2 is 2.21 bits per heavy atom. The van der Waals surface area contributed by atoms with E-state index in [1.54, 1.807) is 19.2 Å². The molecule has 0 atom stereocenters. The highest BCUT2D eigenvalue weighted by atomic mass is 35.5. The van der Waals surface area contributed by atoms with Crippen LogP contribution in [-0.4, -0.2) is 31.3 Å². The normalized spacial score (nSPS) is 10.3. The molecule has 0 amide bonds. The zero-order chi connectivity index (χ0) is 14.3. The van der Waals surface area contributed by atoms with Crippen molar-refractivity contribution < 1.29 is 19.4 Å². The van der Waals surface area contributed by atoms with Crippen molar-refractivity contribution in [2.24, 2.45) is 0 Å². The average Bonchev–Trinajstić information content (AvgIpc) is 2.36. The molecule has 0 aromatic heterocycles. The average molecular weight is 288 g/mol. The Balaban J connectivity index is 2.79. The first-order valence-electron chi connectivity index (χ1n) is 6.00. The molecular weight excluding hydrogens is 270 g/mol. The molecule has 0 bridgehead atoms. The Morgan fingerprint density at radius 1 is 1.47 bits per heavy atom. The van der Waals surface area contributed by atoms with E-state index in [2.05, 4.69) is 5.32 Å². The summed E-state index contributed by atoms with van der Waals surface area (Å²) < 4.78 is 10.8. The summed E-state index contributed by atoms with van der Waals surface area (Å²) in [6, 6.07) is 3.47. The number of carbonyl (C=O) groups is 1. The molecule has 1 rings (SSSR count). The fraction of sp³-hybridized carbons (Fsp3) is 0.462. The smallest absolute Gasteiger partial charge is 0.304 e. The summed E-state index contributed by atoms with van der Waals surface area (Å²) in [5.74, 6) is 0.378. The molecule has 106 valence electrons. The van der Waals surface area contributed by atoms with Crippen molar-refractivity contribution in [1.82, 2.24) is 5.32 Å². The second-order valence-electron chi connectivity index (χ2n) is 3.85. The molecule has 0 saturated heterocycles. The van der Waals surface area contributed by atoms with Crippen molar-refractivity contribution in [2.45, 2.75) is 19.9 Å². The number of hydrogen-bond donors (Lipinski definition) is 2. The lowest BCUT2D eigenvalue weighted by atomic mass is 10.1. The second kappa shape index (κ2) is 7.86. The molecule has 0 aliphatic heterocycles. The van der Waals surface area contributed by atoms with E-state index >= 15 is 0 Å². The number of nitrogens with one attached hydrogen (secondary N) is 1. The monoisotopic (exact) mass is 287 g/mol. The van der Waals surface area contributed by atoms with Gasteiger partial charge in [0.15, 0.2) is 11.5 Å². The van der Waals surface area contributed by atoms with E-state index in [-0.39, 0.29) is 6.42 Å². The lowest BCUT2D eigenvalue weighted by molar-refractivity contribution is -0.136. The van der Waals surface area contributed by atoms with Crippen LogP contribution in [0.2, 0.25) is 5.02 Å². The molecule has 5 nitrogen and oxygen atoms in total. The summed E-state index contributed by atoms with van der Waals surface area (Å²) in [6.07, 6.45) is 0.0711. The van der Waals surface area contributed by atoms with Crippen LogP contribution in [0.5, 0.6) is 11.5 Å². The van der Waals surface area contributed by atoms with Crippen molar-refractivity contribution in [3.05, 3.63) is 22.7 Å². The van der Waals surface area contributed by atoms with Crippen molar-refractivity contribution in [2.75, 3.05) is 20.3 Å². The summed E-state index contributed by atoms with van der Waals surface area (Å²) in [6.45, 7) is 3.26. The molecule has 0 heterocycles. The van der Waals surface area contributed by atoms with Gasteiger partial charge in [-0.2, -0.15) is 0 Å². The Hall–Kier alpha value is -1.46. The minimum absolute atomic E-state index is 0.0711. The molecule has 19 heavy (non-hydrogen) atoms. The molecule has 1 aromatic carbocycles. The Kier molecular flexibility index (Phi) is 6.45. The fourth-order valence-electron chi connectivity index (χ4n) is 1.63. The molecule has 0 spiro atoms. The van der Waals surface area contributed by atoms with Crippen molar-refractivity contribution in [1.29, 1.82) is 0 Å². The summed E-state index contributed by atoms with van der Waals surface area (Å²) in [5.41, 5.74) is 0.844. The van der Waals surface area contributed by atoms with E-state index in [4.69, 9.17) is 26.2 Å². The van der Waals surface area contributed by atoms with Gasteiger partial charge in [-0.3, -0.25) is 4.79 Å². The third kappa shape index (κ3) is 4.96. The third-order valence-electron chi connectivity index (χ3n) is 2.44. The number of halogens is 1. The number of aliphatic carboxylic acids is 1. The van der Waals surface area contributed by atoms with Crippen LogP contribution in [0.4, 0.5) is 0 Å². The van der Waals surface area contributed by atoms with E-state index < -0.39 is 5.97 Å². The molecule has 2 N–H and O–H groups in total. The Labute approximate surface area is 117 Å². The van der Waals surface area contributed by atoms with Crippen LogP contribution in [-0.2, 0) is 11.3 Å². The zero-order valence-corrected chi connectivity index (χ0v) is 11.8. The van der Waals surface area contributed by atoms with E-state index in [0.717, 1.165) is 5.56 Å². The van der Waals surface area contributed by atoms with Crippen LogP contribution >= 0.6 is 11.6 Å². The maximum absolute atomic E-state index is 10.4. The number of rotatable bonds is 8. The molecule has 6 heteroatoms. The predicted molar refractivity (Wildman–Crippen MR) is 73.1 cm³/mol. The van der Waals surface area contributed by atoms with Gasteiger partial charge in [-0.15, -0.1) is 0 Å². The van der Waals surface area contributed by atoms with Crippen molar-refractivity contribution in [3.63, 3.8) is 0 Å². The van der Waals surface area contributed by atoms with Gasteiger partial charge in [0.2, 0.25) is 0 Å². The highest BCUT2D eigenvalue weighted by Crippen LogP contribution is 2.34. The van der Waals surface area contributed by atoms with Gasteiger partial charge in [-0.1, -0.05) is 11.6 Å². The fourth-order valence-corrected chi connectivity index (χ4v) is 1.86.